The van der Waals surface area contributed by atoms with Crippen molar-refractivity contribution < 1.29 is 0 Å². The smallest absolute Gasteiger partial charge is 0.156 e. The quantitative estimate of drug-likeness (QED) is 0.538. The molecule has 0 spiro atoms. The van der Waals surface area contributed by atoms with Gasteiger partial charge in [0.15, 0.2) is 5.65 Å². The van der Waals surface area contributed by atoms with Crippen LogP contribution in [0.4, 0.5) is 0 Å². The van der Waals surface area contributed by atoms with Crippen molar-refractivity contribution in [2.24, 2.45) is 0 Å². The molecule has 0 bridgehead atoms. The van der Waals surface area contributed by atoms with Crippen LogP contribution in [0.1, 0.15) is 11.3 Å². The molecule has 0 fully saturated rings. The minimum absolute atomic E-state index is 0.874. The Kier molecular flexibility index (Phi) is 3.19. The molecule has 4 rings (SSSR count). The molecule has 23 heavy (non-hydrogen) atoms. The molecule has 4 aromatic rings. The number of benzene rings is 2. The van der Waals surface area contributed by atoms with E-state index < -0.39 is 0 Å². The van der Waals surface area contributed by atoms with E-state index in [1.54, 1.807) is 0 Å². The van der Waals surface area contributed by atoms with E-state index in [4.69, 9.17) is 10.1 Å². The molecule has 112 valence electrons. The summed E-state index contributed by atoms with van der Waals surface area (Å²) in [6.07, 6.45) is 0. The van der Waals surface area contributed by atoms with E-state index in [9.17, 15) is 0 Å². The molecule has 3 heteroatoms. The topological polar surface area (TPSA) is 30.2 Å². The molecular formula is C20H17N3. The van der Waals surface area contributed by atoms with Crippen LogP contribution in [0.2, 0.25) is 0 Å². The molecule has 3 nitrogen and oxygen atoms in total. The van der Waals surface area contributed by atoms with E-state index >= 15 is 0 Å². The van der Waals surface area contributed by atoms with Gasteiger partial charge in [0.2, 0.25) is 0 Å². The Bertz CT molecular complexity index is 967. The molecule has 2 aromatic carbocycles. The van der Waals surface area contributed by atoms with Gasteiger partial charge >= 0.3 is 0 Å². The number of aromatic nitrogens is 3. The van der Waals surface area contributed by atoms with Crippen LogP contribution in [0.3, 0.4) is 0 Å². The highest BCUT2D eigenvalue weighted by Gasteiger charge is 2.09. The normalized spacial score (nSPS) is 11.0. The largest absolute Gasteiger partial charge is 0.229 e. The Morgan fingerprint density at radius 2 is 1.43 bits per heavy atom. The van der Waals surface area contributed by atoms with E-state index in [1.807, 2.05) is 28.8 Å². The third-order valence-electron chi connectivity index (χ3n) is 4.02. The third-order valence-corrected chi connectivity index (χ3v) is 4.02. The summed E-state index contributed by atoms with van der Waals surface area (Å²) < 4.78 is 1.90. The van der Waals surface area contributed by atoms with Crippen molar-refractivity contribution in [1.29, 1.82) is 0 Å². The molecule has 0 amide bonds. The van der Waals surface area contributed by atoms with Crippen molar-refractivity contribution in [3.63, 3.8) is 0 Å². The number of fused-ring (bicyclic) bond motifs is 1. The van der Waals surface area contributed by atoms with E-state index in [1.165, 1.54) is 5.56 Å². The fraction of sp³-hybridized carbons (Fsp3) is 0.100. The number of hydrogen-bond acceptors (Lipinski definition) is 2. The van der Waals surface area contributed by atoms with Gasteiger partial charge in [-0.15, -0.1) is 0 Å². The second kappa shape index (κ2) is 5.36. The molecule has 0 aliphatic rings. The van der Waals surface area contributed by atoms with Gasteiger partial charge in [0.1, 0.15) is 0 Å². The van der Waals surface area contributed by atoms with Crippen molar-refractivity contribution in [3.05, 3.63) is 78.0 Å². The van der Waals surface area contributed by atoms with Crippen LogP contribution >= 0.6 is 0 Å². The molecule has 0 aliphatic heterocycles. The van der Waals surface area contributed by atoms with E-state index in [0.717, 1.165) is 33.9 Å². The first-order chi connectivity index (χ1) is 11.2. The average Bonchev–Trinajstić information content (AvgIpc) is 3.01. The second-order valence-electron chi connectivity index (χ2n) is 5.81. The predicted octanol–water partition coefficient (Wildman–Crippen LogP) is 4.68. The zero-order valence-electron chi connectivity index (χ0n) is 13.2. The van der Waals surface area contributed by atoms with Crippen LogP contribution in [-0.2, 0) is 0 Å². The van der Waals surface area contributed by atoms with Gasteiger partial charge < -0.3 is 0 Å². The Labute approximate surface area is 135 Å². The van der Waals surface area contributed by atoms with Crippen molar-refractivity contribution in [1.82, 2.24) is 14.6 Å². The Hall–Kier alpha value is -2.94. The van der Waals surface area contributed by atoms with Crippen molar-refractivity contribution in [2.75, 3.05) is 0 Å². The maximum atomic E-state index is 4.77. The summed E-state index contributed by atoms with van der Waals surface area (Å²) in [5.41, 5.74) is 7.36. The van der Waals surface area contributed by atoms with Crippen molar-refractivity contribution >= 4 is 5.65 Å². The fourth-order valence-corrected chi connectivity index (χ4v) is 2.75. The van der Waals surface area contributed by atoms with Crippen molar-refractivity contribution in [2.45, 2.75) is 13.8 Å². The van der Waals surface area contributed by atoms with Crippen LogP contribution in [0.25, 0.3) is 28.2 Å². The molecule has 0 unspecified atom stereocenters. The summed E-state index contributed by atoms with van der Waals surface area (Å²) in [7, 11) is 0. The lowest BCUT2D eigenvalue weighted by atomic mass is 10.1. The Morgan fingerprint density at radius 3 is 2.17 bits per heavy atom. The Morgan fingerprint density at radius 1 is 0.739 bits per heavy atom. The highest BCUT2D eigenvalue weighted by Crippen LogP contribution is 2.23. The van der Waals surface area contributed by atoms with Crippen LogP contribution in [-0.4, -0.2) is 14.6 Å². The van der Waals surface area contributed by atoms with Crippen LogP contribution < -0.4 is 0 Å². The maximum Gasteiger partial charge on any atom is 0.156 e. The Balaban J connectivity index is 1.85. The lowest BCUT2D eigenvalue weighted by Crippen LogP contribution is -1.97. The summed E-state index contributed by atoms with van der Waals surface area (Å²) >= 11 is 0. The first-order valence-electron chi connectivity index (χ1n) is 7.70. The van der Waals surface area contributed by atoms with E-state index in [-0.39, 0.29) is 0 Å². The first kappa shape index (κ1) is 13.7. The minimum Gasteiger partial charge on any atom is -0.229 e. The summed E-state index contributed by atoms with van der Waals surface area (Å²) in [6, 6.07) is 22.8. The van der Waals surface area contributed by atoms with Gasteiger partial charge in [0.05, 0.1) is 11.4 Å². The molecule has 0 saturated heterocycles. The lowest BCUT2D eigenvalue weighted by Gasteiger charge is -2.04. The number of rotatable bonds is 2. The highest BCUT2D eigenvalue weighted by atomic mass is 15.3. The highest BCUT2D eigenvalue weighted by molar-refractivity contribution is 5.67. The summed E-state index contributed by atoms with van der Waals surface area (Å²) in [6.45, 7) is 4.15. The van der Waals surface area contributed by atoms with Gasteiger partial charge in [0, 0.05) is 22.9 Å². The maximum absolute atomic E-state index is 4.77. The average molecular weight is 299 g/mol. The molecule has 0 saturated carbocycles. The molecule has 2 heterocycles. The van der Waals surface area contributed by atoms with E-state index in [0.29, 0.717) is 0 Å². The SMILES string of the molecule is Cc1ccc(-c2cc3nc(-c4ccccc4)cc(C)n3n2)cc1. The molecule has 0 radical (unpaired) electrons. The minimum atomic E-state index is 0.874. The molecular weight excluding hydrogens is 282 g/mol. The fourth-order valence-electron chi connectivity index (χ4n) is 2.75. The van der Waals surface area contributed by atoms with Gasteiger partial charge in [-0.05, 0) is 19.9 Å². The predicted molar refractivity (Wildman–Crippen MR) is 93.3 cm³/mol. The third kappa shape index (κ3) is 2.50. The van der Waals surface area contributed by atoms with Gasteiger partial charge in [-0.25, -0.2) is 9.50 Å². The zero-order chi connectivity index (χ0) is 15.8. The summed E-state index contributed by atoms with van der Waals surface area (Å²) in [4.78, 5) is 4.77. The standard InChI is InChI=1S/C20H17N3/c1-14-8-10-17(11-9-14)19-13-20-21-18(12-15(2)23(20)22-19)16-6-4-3-5-7-16/h3-13H,1-2H3. The molecule has 0 aliphatic carbocycles. The summed E-state index contributed by atoms with van der Waals surface area (Å²) in [5.74, 6) is 0. The van der Waals surface area contributed by atoms with E-state index in [2.05, 4.69) is 56.3 Å². The number of hydrogen-bond donors (Lipinski definition) is 0. The van der Waals surface area contributed by atoms with Crippen LogP contribution in [0, 0.1) is 13.8 Å². The van der Waals surface area contributed by atoms with Crippen molar-refractivity contribution in [3.8, 4) is 22.5 Å². The van der Waals surface area contributed by atoms with Gasteiger partial charge in [-0.2, -0.15) is 5.10 Å². The first-order valence-corrected chi connectivity index (χ1v) is 7.70. The molecule has 2 aromatic heterocycles. The summed E-state index contributed by atoms with van der Waals surface area (Å²) in [5, 5.41) is 4.70. The second-order valence-corrected chi connectivity index (χ2v) is 5.81. The number of aryl methyl sites for hydroxylation is 2. The van der Waals surface area contributed by atoms with Gasteiger partial charge in [-0.1, -0.05) is 60.2 Å². The number of nitrogens with zero attached hydrogens (tertiary/aromatic N) is 3. The van der Waals surface area contributed by atoms with Crippen LogP contribution in [0.15, 0.2) is 66.7 Å². The van der Waals surface area contributed by atoms with Gasteiger partial charge in [-0.3, -0.25) is 0 Å². The van der Waals surface area contributed by atoms with Crippen LogP contribution in [0.5, 0.6) is 0 Å². The lowest BCUT2D eigenvalue weighted by molar-refractivity contribution is 0.900. The molecule has 0 atom stereocenters. The zero-order valence-corrected chi connectivity index (χ0v) is 13.2. The monoisotopic (exact) mass is 299 g/mol. The van der Waals surface area contributed by atoms with Gasteiger partial charge in [0.25, 0.3) is 0 Å². The molecule has 0 N–H and O–H groups in total.